The number of para-hydroxylation sites is 2. The SMILES string of the molecule is CCOc1ccccc1-n1nnn(CN2CCN(C(=O)C3CCS(=O)(=O)C3)CC2)c1=S. The summed E-state index contributed by atoms with van der Waals surface area (Å²) in [5.41, 5.74) is 0.738. The first kappa shape index (κ1) is 21.9. The second-order valence-electron chi connectivity index (χ2n) is 7.76. The van der Waals surface area contributed by atoms with Crippen LogP contribution in [0.1, 0.15) is 13.3 Å². The van der Waals surface area contributed by atoms with Gasteiger partial charge < -0.3 is 9.64 Å². The Hall–Kier alpha value is -2.31. The zero-order valence-corrected chi connectivity index (χ0v) is 19.0. The molecule has 1 unspecified atom stereocenters. The number of rotatable bonds is 6. The largest absolute Gasteiger partial charge is 0.492 e. The molecular formula is C19H26N6O4S2. The van der Waals surface area contributed by atoms with Gasteiger partial charge in [-0.05, 0) is 48.1 Å². The third-order valence-electron chi connectivity index (χ3n) is 5.63. The molecule has 1 atom stereocenters. The summed E-state index contributed by atoms with van der Waals surface area (Å²) in [6.07, 6.45) is 0.433. The van der Waals surface area contributed by atoms with Crippen LogP contribution in [-0.4, -0.2) is 88.2 Å². The van der Waals surface area contributed by atoms with Crippen molar-refractivity contribution < 1.29 is 17.9 Å². The van der Waals surface area contributed by atoms with E-state index >= 15 is 0 Å². The van der Waals surface area contributed by atoms with Crippen molar-refractivity contribution in [3.05, 3.63) is 29.0 Å². The smallest absolute Gasteiger partial charge is 0.226 e. The minimum absolute atomic E-state index is 0.0203. The summed E-state index contributed by atoms with van der Waals surface area (Å²) in [4.78, 5) is 16.6. The Labute approximate surface area is 186 Å². The number of carbonyl (C=O) groups is 1. The molecule has 2 aliphatic heterocycles. The number of sulfone groups is 1. The number of hydrogen-bond donors (Lipinski definition) is 0. The minimum Gasteiger partial charge on any atom is -0.492 e. The molecule has 0 saturated carbocycles. The van der Waals surface area contributed by atoms with Crippen LogP contribution in [0.2, 0.25) is 0 Å². The van der Waals surface area contributed by atoms with Crippen LogP contribution in [0.5, 0.6) is 5.75 Å². The van der Waals surface area contributed by atoms with Crippen LogP contribution in [0.4, 0.5) is 0 Å². The van der Waals surface area contributed by atoms with Crippen molar-refractivity contribution in [3.63, 3.8) is 0 Å². The predicted octanol–water partition coefficient (Wildman–Crippen LogP) is 0.733. The van der Waals surface area contributed by atoms with Gasteiger partial charge in [0, 0.05) is 26.2 Å². The number of tetrazole rings is 1. The van der Waals surface area contributed by atoms with Crippen molar-refractivity contribution in [3.8, 4) is 11.4 Å². The van der Waals surface area contributed by atoms with Gasteiger partial charge in [-0.1, -0.05) is 12.1 Å². The molecule has 4 rings (SSSR count). The lowest BCUT2D eigenvalue weighted by atomic mass is 10.1. The lowest BCUT2D eigenvalue weighted by Crippen LogP contribution is -2.50. The van der Waals surface area contributed by atoms with Crippen LogP contribution in [0.3, 0.4) is 0 Å². The Morgan fingerprint density at radius 2 is 1.94 bits per heavy atom. The number of benzene rings is 1. The molecule has 168 valence electrons. The normalized spacial score (nSPS) is 21.3. The highest BCUT2D eigenvalue weighted by atomic mass is 32.2. The van der Waals surface area contributed by atoms with Crippen molar-refractivity contribution in [2.45, 2.75) is 20.0 Å². The first-order valence-electron chi connectivity index (χ1n) is 10.3. The first-order valence-corrected chi connectivity index (χ1v) is 12.6. The molecule has 1 aromatic heterocycles. The highest BCUT2D eigenvalue weighted by Gasteiger charge is 2.36. The van der Waals surface area contributed by atoms with Gasteiger partial charge in [-0.3, -0.25) is 9.69 Å². The summed E-state index contributed by atoms with van der Waals surface area (Å²) in [6, 6.07) is 7.54. The fourth-order valence-electron chi connectivity index (χ4n) is 3.97. The van der Waals surface area contributed by atoms with E-state index in [1.165, 1.54) is 0 Å². The molecule has 10 nitrogen and oxygen atoms in total. The maximum atomic E-state index is 12.6. The highest BCUT2D eigenvalue weighted by molar-refractivity contribution is 7.91. The molecule has 12 heteroatoms. The summed E-state index contributed by atoms with van der Waals surface area (Å²) in [5.74, 6) is 0.345. The number of amides is 1. The van der Waals surface area contributed by atoms with Crippen LogP contribution in [-0.2, 0) is 21.3 Å². The summed E-state index contributed by atoms with van der Waals surface area (Å²) in [6.45, 7) is 5.37. The average molecular weight is 467 g/mol. The van der Waals surface area contributed by atoms with E-state index in [0.29, 0.717) is 56.4 Å². The van der Waals surface area contributed by atoms with Crippen molar-refractivity contribution in [1.82, 2.24) is 29.6 Å². The fourth-order valence-corrected chi connectivity index (χ4v) is 5.93. The van der Waals surface area contributed by atoms with Gasteiger partial charge in [0.05, 0.1) is 30.7 Å². The molecule has 1 aromatic carbocycles. The molecule has 0 bridgehead atoms. The van der Waals surface area contributed by atoms with Crippen LogP contribution in [0, 0.1) is 10.7 Å². The van der Waals surface area contributed by atoms with E-state index < -0.39 is 15.8 Å². The molecular weight excluding hydrogens is 440 g/mol. The van der Waals surface area contributed by atoms with Crippen LogP contribution in [0.25, 0.3) is 5.69 Å². The van der Waals surface area contributed by atoms with Gasteiger partial charge in [0.15, 0.2) is 9.84 Å². The summed E-state index contributed by atoms with van der Waals surface area (Å²) in [5, 5.41) is 8.40. The number of nitrogens with zero attached hydrogens (tertiary/aromatic N) is 6. The fraction of sp³-hybridized carbons (Fsp3) is 0.579. The maximum absolute atomic E-state index is 12.6. The average Bonchev–Trinajstić information content (AvgIpc) is 3.31. The van der Waals surface area contributed by atoms with Crippen molar-refractivity contribution >= 4 is 28.0 Å². The van der Waals surface area contributed by atoms with Gasteiger partial charge in [0.2, 0.25) is 10.7 Å². The predicted molar refractivity (Wildman–Crippen MR) is 116 cm³/mol. The van der Waals surface area contributed by atoms with Crippen molar-refractivity contribution in [1.29, 1.82) is 0 Å². The molecule has 2 aromatic rings. The monoisotopic (exact) mass is 466 g/mol. The minimum atomic E-state index is -3.06. The Balaban J connectivity index is 1.38. The van der Waals surface area contributed by atoms with E-state index in [2.05, 4.69) is 15.3 Å². The molecule has 3 heterocycles. The lowest BCUT2D eigenvalue weighted by Gasteiger charge is -2.35. The van der Waals surface area contributed by atoms with E-state index in [-0.39, 0.29) is 17.4 Å². The van der Waals surface area contributed by atoms with E-state index in [1.54, 1.807) is 14.3 Å². The molecule has 0 aliphatic carbocycles. The van der Waals surface area contributed by atoms with Crippen LogP contribution in [0.15, 0.2) is 24.3 Å². The third-order valence-corrected chi connectivity index (χ3v) is 7.78. The summed E-state index contributed by atoms with van der Waals surface area (Å²) in [7, 11) is -3.06. The van der Waals surface area contributed by atoms with Gasteiger partial charge >= 0.3 is 0 Å². The summed E-state index contributed by atoms with van der Waals surface area (Å²) < 4.78 is 32.7. The zero-order valence-electron chi connectivity index (χ0n) is 17.4. The van der Waals surface area contributed by atoms with Crippen molar-refractivity contribution in [2.75, 3.05) is 44.3 Å². The number of ether oxygens (including phenoxy) is 1. The maximum Gasteiger partial charge on any atom is 0.226 e. The molecule has 31 heavy (non-hydrogen) atoms. The molecule has 0 radical (unpaired) electrons. The third kappa shape index (κ3) is 4.80. The van der Waals surface area contributed by atoms with Crippen LogP contribution >= 0.6 is 12.2 Å². The number of aromatic nitrogens is 4. The second-order valence-corrected chi connectivity index (χ2v) is 10.4. The Morgan fingerprint density at radius 1 is 1.19 bits per heavy atom. The van der Waals surface area contributed by atoms with E-state index in [0.717, 1.165) is 5.69 Å². The number of piperazine rings is 1. The number of hydrogen-bond acceptors (Lipinski definition) is 8. The molecule has 2 saturated heterocycles. The Bertz CT molecular complexity index is 1100. The molecule has 0 N–H and O–H groups in total. The van der Waals surface area contributed by atoms with E-state index in [1.807, 2.05) is 31.2 Å². The van der Waals surface area contributed by atoms with Gasteiger partial charge in [-0.25, -0.2) is 13.1 Å². The van der Waals surface area contributed by atoms with Gasteiger partial charge in [-0.15, -0.1) is 0 Å². The second kappa shape index (κ2) is 9.05. The highest BCUT2D eigenvalue weighted by Crippen LogP contribution is 2.23. The molecule has 2 aliphatic rings. The standard InChI is InChI=1S/C19H26N6O4S2/c1-2-29-17-6-4-3-5-16(17)25-19(30)24(20-21-25)14-22-8-10-23(11-9-22)18(26)15-7-12-31(27,28)13-15/h3-6,15H,2,7-14H2,1H3. The quantitative estimate of drug-likeness (QED) is 0.574. The molecule has 1 amide bonds. The Morgan fingerprint density at radius 3 is 2.61 bits per heavy atom. The van der Waals surface area contributed by atoms with Crippen LogP contribution < -0.4 is 4.74 Å². The molecule has 2 fully saturated rings. The van der Waals surface area contributed by atoms with E-state index in [4.69, 9.17) is 17.0 Å². The topological polar surface area (TPSA) is 103 Å². The van der Waals surface area contributed by atoms with Gasteiger partial charge in [-0.2, -0.15) is 4.68 Å². The lowest BCUT2D eigenvalue weighted by molar-refractivity contribution is -0.136. The van der Waals surface area contributed by atoms with Gasteiger partial charge in [0.25, 0.3) is 0 Å². The van der Waals surface area contributed by atoms with E-state index in [9.17, 15) is 13.2 Å². The summed E-state index contributed by atoms with van der Waals surface area (Å²) >= 11 is 5.58. The van der Waals surface area contributed by atoms with Gasteiger partial charge in [0.1, 0.15) is 11.4 Å². The number of carbonyl (C=O) groups excluding carboxylic acids is 1. The zero-order chi connectivity index (χ0) is 22.0. The molecule has 0 spiro atoms. The van der Waals surface area contributed by atoms with Crippen molar-refractivity contribution in [2.24, 2.45) is 5.92 Å². The first-order chi connectivity index (χ1) is 14.9. The Kier molecular flexibility index (Phi) is 6.39.